The summed E-state index contributed by atoms with van der Waals surface area (Å²) in [6.45, 7) is -0.122. The Bertz CT molecular complexity index is 1050. The van der Waals surface area contributed by atoms with Crippen molar-refractivity contribution in [2.75, 3.05) is 24.4 Å². The highest BCUT2D eigenvalue weighted by molar-refractivity contribution is 7.14. The van der Waals surface area contributed by atoms with Crippen molar-refractivity contribution in [1.29, 1.82) is 0 Å². The van der Waals surface area contributed by atoms with Crippen molar-refractivity contribution in [3.63, 3.8) is 0 Å². The first kappa shape index (κ1) is 18.9. The van der Waals surface area contributed by atoms with Gasteiger partial charge in [-0.3, -0.25) is 14.9 Å². The summed E-state index contributed by atoms with van der Waals surface area (Å²) in [5, 5.41) is 7.97. The summed E-state index contributed by atoms with van der Waals surface area (Å²) in [6, 6.07) is 13.0. The highest BCUT2D eigenvalue weighted by Crippen LogP contribution is 2.28. The van der Waals surface area contributed by atoms with Crippen LogP contribution in [0.5, 0.6) is 11.5 Å². The fourth-order valence-corrected chi connectivity index (χ4v) is 3.72. The molecule has 2 amide bonds. The average molecular weight is 409 g/mol. The molecule has 0 aliphatic carbocycles. The van der Waals surface area contributed by atoms with Crippen LogP contribution in [-0.2, 0) is 16.0 Å². The maximum Gasteiger partial charge on any atom is 0.264 e. The molecule has 1 aliphatic heterocycles. The summed E-state index contributed by atoms with van der Waals surface area (Å²) >= 11 is 1.35. The third-order valence-corrected chi connectivity index (χ3v) is 5.24. The Morgan fingerprint density at radius 2 is 1.97 bits per heavy atom. The van der Waals surface area contributed by atoms with Gasteiger partial charge in [-0.2, -0.15) is 0 Å². The molecule has 29 heavy (non-hydrogen) atoms. The van der Waals surface area contributed by atoms with Crippen LogP contribution in [-0.4, -0.2) is 30.5 Å². The first-order valence-electron chi connectivity index (χ1n) is 9.06. The summed E-state index contributed by atoms with van der Waals surface area (Å²) in [5.41, 5.74) is 3.53. The number of hydrogen-bond donors (Lipinski definition) is 2. The van der Waals surface area contributed by atoms with E-state index >= 15 is 0 Å². The Labute approximate surface area is 171 Å². The number of amides is 2. The molecule has 8 heteroatoms. The monoisotopic (exact) mass is 409 g/mol. The molecule has 0 atom stereocenters. The first-order chi connectivity index (χ1) is 14.1. The Kier molecular flexibility index (Phi) is 5.44. The van der Waals surface area contributed by atoms with Crippen molar-refractivity contribution in [3.8, 4) is 22.8 Å². The van der Waals surface area contributed by atoms with E-state index in [4.69, 9.17) is 9.47 Å². The maximum absolute atomic E-state index is 12.2. The lowest BCUT2D eigenvalue weighted by molar-refractivity contribution is -0.118. The molecular formula is C21H19N3O4S. The molecule has 2 N–H and O–H groups in total. The molecule has 0 saturated carbocycles. The molecule has 7 nitrogen and oxygen atoms in total. The van der Waals surface area contributed by atoms with E-state index in [0.29, 0.717) is 23.7 Å². The summed E-state index contributed by atoms with van der Waals surface area (Å²) < 4.78 is 10.7. The second-order valence-electron chi connectivity index (χ2n) is 6.47. The lowest BCUT2D eigenvalue weighted by Gasteiger charge is -2.17. The largest absolute Gasteiger partial charge is 0.497 e. The second-order valence-corrected chi connectivity index (χ2v) is 7.33. The summed E-state index contributed by atoms with van der Waals surface area (Å²) in [6.07, 6.45) is 1.12. The number of carbonyl (C=O) groups is 2. The Balaban J connectivity index is 1.33. The number of hydrogen-bond acceptors (Lipinski definition) is 6. The zero-order valence-corrected chi connectivity index (χ0v) is 16.5. The van der Waals surface area contributed by atoms with E-state index in [9.17, 15) is 9.59 Å². The van der Waals surface area contributed by atoms with Gasteiger partial charge in [0.2, 0.25) is 5.91 Å². The van der Waals surface area contributed by atoms with Gasteiger partial charge in [-0.05, 0) is 54.4 Å². The fourth-order valence-electron chi connectivity index (χ4n) is 2.98. The van der Waals surface area contributed by atoms with Crippen LogP contribution in [0, 0.1) is 0 Å². The van der Waals surface area contributed by atoms with Crippen molar-refractivity contribution in [1.82, 2.24) is 4.98 Å². The van der Waals surface area contributed by atoms with Gasteiger partial charge in [0, 0.05) is 23.1 Å². The smallest absolute Gasteiger partial charge is 0.264 e. The number of methoxy groups -OCH3 is 1. The molecule has 0 saturated heterocycles. The number of aryl methyl sites for hydroxylation is 1. The quantitative estimate of drug-likeness (QED) is 0.648. The van der Waals surface area contributed by atoms with Gasteiger partial charge >= 0.3 is 0 Å². The normalized spacial score (nSPS) is 12.7. The number of aromatic nitrogens is 1. The molecule has 148 valence electrons. The fraction of sp³-hybridized carbons (Fsp3) is 0.190. The lowest BCUT2D eigenvalue weighted by atomic mass is 10.0. The lowest BCUT2D eigenvalue weighted by Crippen LogP contribution is -2.21. The van der Waals surface area contributed by atoms with Gasteiger partial charge in [-0.15, -0.1) is 11.3 Å². The number of rotatable bonds is 6. The molecule has 4 rings (SSSR count). The van der Waals surface area contributed by atoms with Crippen LogP contribution in [0.25, 0.3) is 11.3 Å². The minimum Gasteiger partial charge on any atom is -0.497 e. The van der Waals surface area contributed by atoms with Crippen LogP contribution >= 0.6 is 11.3 Å². The highest BCUT2D eigenvalue weighted by Gasteiger charge is 2.15. The molecular weight excluding hydrogens is 390 g/mol. The van der Waals surface area contributed by atoms with Gasteiger partial charge in [0.15, 0.2) is 11.7 Å². The van der Waals surface area contributed by atoms with E-state index < -0.39 is 0 Å². The number of carbonyl (C=O) groups excluding carboxylic acids is 2. The number of thiazole rings is 1. The number of benzene rings is 2. The van der Waals surface area contributed by atoms with Crippen LogP contribution in [0.1, 0.15) is 12.0 Å². The van der Waals surface area contributed by atoms with Crippen LogP contribution in [0.3, 0.4) is 0 Å². The van der Waals surface area contributed by atoms with Gasteiger partial charge in [0.1, 0.15) is 11.5 Å². The SMILES string of the molecule is COc1ccc(-c2csc(NC(=O)COc3ccc4c(c3)CCC(=O)N4)n2)cc1. The van der Waals surface area contributed by atoms with Crippen LogP contribution < -0.4 is 20.1 Å². The van der Waals surface area contributed by atoms with Crippen molar-refractivity contribution >= 4 is 34.0 Å². The number of fused-ring (bicyclic) bond motifs is 1. The molecule has 2 aromatic carbocycles. The predicted octanol–water partition coefficient (Wildman–Crippen LogP) is 3.72. The molecule has 0 bridgehead atoms. The molecule has 0 spiro atoms. The van der Waals surface area contributed by atoms with E-state index in [1.807, 2.05) is 35.7 Å². The summed E-state index contributed by atoms with van der Waals surface area (Å²) in [7, 11) is 1.62. The van der Waals surface area contributed by atoms with Crippen LogP contribution in [0.4, 0.5) is 10.8 Å². The summed E-state index contributed by atoms with van der Waals surface area (Å²) in [5.74, 6) is 1.10. The Morgan fingerprint density at radius 1 is 1.17 bits per heavy atom. The number of nitrogens with zero attached hydrogens (tertiary/aromatic N) is 1. The zero-order valence-electron chi connectivity index (χ0n) is 15.7. The van der Waals surface area contributed by atoms with E-state index in [0.717, 1.165) is 28.3 Å². The molecule has 3 aromatic rings. The Morgan fingerprint density at radius 3 is 2.76 bits per heavy atom. The minimum absolute atomic E-state index is 0.0167. The zero-order chi connectivity index (χ0) is 20.2. The number of nitrogens with one attached hydrogen (secondary N) is 2. The second kappa shape index (κ2) is 8.32. The molecule has 0 unspecified atom stereocenters. The topological polar surface area (TPSA) is 89.5 Å². The van der Waals surface area contributed by atoms with E-state index in [2.05, 4.69) is 15.6 Å². The number of anilines is 2. The molecule has 1 aliphatic rings. The number of ether oxygens (including phenoxy) is 2. The van der Waals surface area contributed by atoms with Crippen molar-refractivity contribution < 1.29 is 19.1 Å². The third-order valence-electron chi connectivity index (χ3n) is 4.48. The standard InChI is InChI=1S/C21H19N3O4S/c1-27-15-5-2-13(3-6-15)18-12-29-21(23-18)24-20(26)11-28-16-7-8-17-14(10-16)4-9-19(25)22-17/h2-3,5-8,10,12H,4,9,11H2,1H3,(H,22,25)(H,23,24,26). The van der Waals surface area contributed by atoms with Crippen molar-refractivity contribution in [3.05, 3.63) is 53.4 Å². The molecule has 0 radical (unpaired) electrons. The molecule has 1 aromatic heterocycles. The minimum atomic E-state index is -0.286. The summed E-state index contributed by atoms with van der Waals surface area (Å²) in [4.78, 5) is 28.1. The van der Waals surface area contributed by atoms with Gasteiger partial charge in [0.05, 0.1) is 12.8 Å². The van der Waals surface area contributed by atoms with Gasteiger partial charge < -0.3 is 14.8 Å². The molecule has 2 heterocycles. The highest BCUT2D eigenvalue weighted by atomic mass is 32.1. The Hall–Kier alpha value is -3.39. The average Bonchev–Trinajstić information content (AvgIpc) is 3.20. The van der Waals surface area contributed by atoms with Crippen molar-refractivity contribution in [2.24, 2.45) is 0 Å². The van der Waals surface area contributed by atoms with Gasteiger partial charge in [0.25, 0.3) is 5.91 Å². The van der Waals surface area contributed by atoms with Crippen LogP contribution in [0.2, 0.25) is 0 Å². The maximum atomic E-state index is 12.2. The van der Waals surface area contributed by atoms with Gasteiger partial charge in [-0.25, -0.2) is 4.98 Å². The van der Waals surface area contributed by atoms with Crippen LogP contribution in [0.15, 0.2) is 47.8 Å². The van der Waals surface area contributed by atoms with Crippen molar-refractivity contribution in [2.45, 2.75) is 12.8 Å². The molecule has 0 fully saturated rings. The van der Waals surface area contributed by atoms with E-state index in [-0.39, 0.29) is 18.4 Å². The van der Waals surface area contributed by atoms with E-state index in [1.54, 1.807) is 19.2 Å². The van der Waals surface area contributed by atoms with E-state index in [1.165, 1.54) is 11.3 Å². The third kappa shape index (κ3) is 4.55. The predicted molar refractivity (Wildman–Crippen MR) is 112 cm³/mol. The first-order valence-corrected chi connectivity index (χ1v) is 9.94. The van der Waals surface area contributed by atoms with Gasteiger partial charge in [-0.1, -0.05) is 0 Å².